The zero-order valence-corrected chi connectivity index (χ0v) is 12.5. The summed E-state index contributed by atoms with van der Waals surface area (Å²) in [5.74, 6) is 0.684. The molecule has 0 aromatic carbocycles. The number of nitrogens with zero attached hydrogens (tertiary/aromatic N) is 3. The summed E-state index contributed by atoms with van der Waals surface area (Å²) in [6.07, 6.45) is 4.78. The first-order valence-corrected chi connectivity index (χ1v) is 7.17. The number of amides is 1. The van der Waals surface area contributed by atoms with Crippen LogP contribution in [-0.2, 0) is 4.79 Å². The van der Waals surface area contributed by atoms with E-state index in [0.717, 1.165) is 18.8 Å². The molecule has 1 saturated heterocycles. The van der Waals surface area contributed by atoms with E-state index in [-0.39, 0.29) is 11.9 Å². The normalized spacial score (nSPS) is 23.6. The van der Waals surface area contributed by atoms with E-state index >= 15 is 0 Å². The Morgan fingerprint density at radius 2 is 2.35 bits per heavy atom. The maximum Gasteiger partial charge on any atom is 0.254 e. The Morgan fingerprint density at radius 1 is 1.60 bits per heavy atom. The van der Waals surface area contributed by atoms with Gasteiger partial charge in [-0.2, -0.15) is 0 Å². The van der Waals surface area contributed by atoms with Crippen LogP contribution in [0.3, 0.4) is 0 Å². The molecular weight excluding hydrogens is 256 g/mol. The van der Waals surface area contributed by atoms with Crippen molar-refractivity contribution in [2.75, 3.05) is 26.7 Å². The van der Waals surface area contributed by atoms with Gasteiger partial charge in [0.15, 0.2) is 0 Å². The summed E-state index contributed by atoms with van der Waals surface area (Å²) in [5.41, 5.74) is -1.27. The number of nitrogens with one attached hydrogen (secondary N) is 1. The Kier molecular flexibility index (Phi) is 4.45. The van der Waals surface area contributed by atoms with Crippen LogP contribution in [0.15, 0.2) is 12.4 Å². The molecule has 1 aromatic rings. The van der Waals surface area contributed by atoms with Crippen LogP contribution in [-0.4, -0.2) is 63.1 Å². The number of aliphatic hydroxyl groups is 1. The maximum absolute atomic E-state index is 12.5. The van der Waals surface area contributed by atoms with E-state index in [9.17, 15) is 9.90 Å². The lowest BCUT2D eigenvalue weighted by atomic mass is 9.98. The van der Waals surface area contributed by atoms with Crippen molar-refractivity contribution >= 4 is 5.91 Å². The molecule has 2 atom stereocenters. The first-order chi connectivity index (χ1) is 9.45. The SMILES string of the molecule is CCC[C@](C)(O)C(=O)N1CCN(C)[C@H](c2ncc[nH]2)C1. The topological polar surface area (TPSA) is 72.5 Å². The highest BCUT2D eigenvalue weighted by Gasteiger charge is 2.37. The van der Waals surface area contributed by atoms with Crippen LogP contribution in [0, 0.1) is 0 Å². The van der Waals surface area contributed by atoms with Gasteiger partial charge in [-0.15, -0.1) is 0 Å². The fourth-order valence-electron chi connectivity index (χ4n) is 2.75. The average Bonchev–Trinajstić information content (AvgIpc) is 2.92. The second kappa shape index (κ2) is 5.93. The van der Waals surface area contributed by atoms with Crippen molar-refractivity contribution in [3.63, 3.8) is 0 Å². The Morgan fingerprint density at radius 3 is 2.95 bits per heavy atom. The third-order valence-electron chi connectivity index (χ3n) is 3.97. The van der Waals surface area contributed by atoms with Gasteiger partial charge in [-0.05, 0) is 20.4 Å². The molecule has 112 valence electrons. The third kappa shape index (κ3) is 3.02. The fraction of sp³-hybridized carbons (Fsp3) is 0.714. The van der Waals surface area contributed by atoms with E-state index in [1.165, 1.54) is 0 Å². The van der Waals surface area contributed by atoms with Crippen molar-refractivity contribution < 1.29 is 9.90 Å². The highest BCUT2D eigenvalue weighted by atomic mass is 16.3. The number of aromatic amines is 1. The number of likely N-dealkylation sites (N-methyl/N-ethyl adjacent to an activating group) is 1. The standard InChI is InChI=1S/C14H24N4O2/c1-4-5-14(2,20)13(19)18-9-8-17(3)11(10-18)12-15-6-7-16-12/h6-7,11,20H,4-5,8-10H2,1-3H3,(H,15,16)/t11-,14-/m0/s1. The number of H-pyrrole nitrogens is 1. The largest absolute Gasteiger partial charge is 0.380 e. The van der Waals surface area contributed by atoms with E-state index < -0.39 is 5.60 Å². The lowest BCUT2D eigenvalue weighted by Crippen LogP contribution is -2.55. The number of imidazole rings is 1. The summed E-state index contributed by atoms with van der Waals surface area (Å²) in [4.78, 5) is 23.8. The highest BCUT2D eigenvalue weighted by Crippen LogP contribution is 2.24. The van der Waals surface area contributed by atoms with Gasteiger partial charge in [0.1, 0.15) is 11.4 Å². The molecule has 0 bridgehead atoms. The quantitative estimate of drug-likeness (QED) is 0.855. The van der Waals surface area contributed by atoms with Gasteiger partial charge in [-0.25, -0.2) is 4.98 Å². The van der Waals surface area contributed by atoms with Gasteiger partial charge >= 0.3 is 0 Å². The lowest BCUT2D eigenvalue weighted by Gasteiger charge is -2.41. The smallest absolute Gasteiger partial charge is 0.254 e. The van der Waals surface area contributed by atoms with Gasteiger partial charge in [0, 0.05) is 32.0 Å². The van der Waals surface area contributed by atoms with Gasteiger partial charge in [-0.3, -0.25) is 9.69 Å². The zero-order valence-electron chi connectivity index (χ0n) is 12.5. The fourth-order valence-corrected chi connectivity index (χ4v) is 2.75. The predicted octanol–water partition coefficient (Wildman–Crippen LogP) is 0.776. The van der Waals surface area contributed by atoms with Crippen LogP contribution >= 0.6 is 0 Å². The number of hydrogen-bond acceptors (Lipinski definition) is 4. The van der Waals surface area contributed by atoms with Gasteiger partial charge in [-0.1, -0.05) is 13.3 Å². The average molecular weight is 280 g/mol. The molecule has 20 heavy (non-hydrogen) atoms. The Balaban J connectivity index is 2.09. The molecule has 0 unspecified atom stereocenters. The summed E-state index contributed by atoms with van der Waals surface area (Å²) in [5, 5.41) is 10.3. The molecule has 2 rings (SSSR count). The molecule has 1 aromatic heterocycles. The van der Waals surface area contributed by atoms with Crippen LogP contribution in [0.4, 0.5) is 0 Å². The maximum atomic E-state index is 12.5. The molecular formula is C14H24N4O2. The molecule has 1 aliphatic rings. The molecule has 6 heteroatoms. The van der Waals surface area contributed by atoms with E-state index in [1.54, 1.807) is 24.2 Å². The third-order valence-corrected chi connectivity index (χ3v) is 3.97. The molecule has 6 nitrogen and oxygen atoms in total. The molecule has 2 N–H and O–H groups in total. The Labute approximate surface area is 119 Å². The van der Waals surface area contributed by atoms with Gasteiger partial charge < -0.3 is 15.0 Å². The van der Waals surface area contributed by atoms with Crippen molar-refractivity contribution in [2.45, 2.75) is 38.3 Å². The minimum atomic E-state index is -1.27. The van der Waals surface area contributed by atoms with E-state index in [4.69, 9.17) is 0 Å². The van der Waals surface area contributed by atoms with E-state index in [2.05, 4.69) is 14.9 Å². The summed E-state index contributed by atoms with van der Waals surface area (Å²) < 4.78 is 0. The minimum absolute atomic E-state index is 0.0557. The number of aromatic nitrogens is 2. The number of piperazine rings is 1. The number of carbonyl (C=O) groups is 1. The van der Waals surface area contributed by atoms with Crippen molar-refractivity contribution in [2.24, 2.45) is 0 Å². The van der Waals surface area contributed by atoms with Crippen LogP contribution in [0.5, 0.6) is 0 Å². The van der Waals surface area contributed by atoms with Crippen LogP contribution in [0.1, 0.15) is 38.6 Å². The van der Waals surface area contributed by atoms with E-state index in [0.29, 0.717) is 19.5 Å². The Bertz CT molecular complexity index is 444. The van der Waals surface area contributed by atoms with Crippen LogP contribution in [0.25, 0.3) is 0 Å². The number of rotatable bonds is 4. The second-order valence-corrected chi connectivity index (χ2v) is 5.75. The summed E-state index contributed by atoms with van der Waals surface area (Å²) >= 11 is 0. The van der Waals surface area contributed by atoms with E-state index in [1.807, 2.05) is 14.0 Å². The summed E-state index contributed by atoms with van der Waals surface area (Å²) in [6, 6.07) is 0.0557. The molecule has 0 aliphatic carbocycles. The zero-order chi connectivity index (χ0) is 14.8. The molecule has 1 fully saturated rings. The number of hydrogen-bond donors (Lipinski definition) is 2. The van der Waals surface area contributed by atoms with Gasteiger partial charge in [0.2, 0.25) is 0 Å². The molecule has 0 spiro atoms. The Hall–Kier alpha value is -1.40. The van der Waals surface area contributed by atoms with Crippen molar-refractivity contribution in [3.8, 4) is 0 Å². The first-order valence-electron chi connectivity index (χ1n) is 7.17. The molecule has 2 heterocycles. The van der Waals surface area contributed by atoms with Crippen LogP contribution < -0.4 is 0 Å². The molecule has 1 amide bonds. The summed E-state index contributed by atoms with van der Waals surface area (Å²) in [7, 11) is 2.03. The van der Waals surface area contributed by atoms with Gasteiger partial charge in [0.25, 0.3) is 5.91 Å². The molecule has 0 radical (unpaired) electrons. The van der Waals surface area contributed by atoms with Crippen LogP contribution in [0.2, 0.25) is 0 Å². The minimum Gasteiger partial charge on any atom is -0.380 e. The number of carbonyl (C=O) groups excluding carboxylic acids is 1. The van der Waals surface area contributed by atoms with Crippen molar-refractivity contribution in [1.29, 1.82) is 0 Å². The van der Waals surface area contributed by atoms with Gasteiger partial charge in [0.05, 0.1) is 6.04 Å². The lowest BCUT2D eigenvalue weighted by molar-refractivity contribution is -0.153. The summed E-state index contributed by atoms with van der Waals surface area (Å²) in [6.45, 7) is 5.56. The highest BCUT2D eigenvalue weighted by molar-refractivity contribution is 5.84. The predicted molar refractivity (Wildman–Crippen MR) is 76.1 cm³/mol. The molecule has 0 saturated carbocycles. The van der Waals surface area contributed by atoms with Crippen molar-refractivity contribution in [1.82, 2.24) is 19.8 Å². The second-order valence-electron chi connectivity index (χ2n) is 5.75. The van der Waals surface area contributed by atoms with Crippen molar-refractivity contribution in [3.05, 3.63) is 18.2 Å². The monoisotopic (exact) mass is 280 g/mol. The first kappa shape index (κ1) is 15.0. The molecule has 1 aliphatic heterocycles.